The third kappa shape index (κ3) is 4.58. The van der Waals surface area contributed by atoms with Crippen molar-refractivity contribution in [3.05, 3.63) is 48.5 Å². The highest BCUT2D eigenvalue weighted by Crippen LogP contribution is 2.32. The summed E-state index contributed by atoms with van der Waals surface area (Å²) < 4.78 is 2.00. The molecule has 0 aliphatic carbocycles. The number of anilines is 2. The zero-order valence-corrected chi connectivity index (χ0v) is 15.4. The summed E-state index contributed by atoms with van der Waals surface area (Å²) >= 11 is 3.04. The number of thiazole rings is 1. The summed E-state index contributed by atoms with van der Waals surface area (Å²) in [5.74, 6) is -0.214. The lowest BCUT2D eigenvalue weighted by Gasteiger charge is -2.11. The first-order valence-corrected chi connectivity index (χ1v) is 9.41. The van der Waals surface area contributed by atoms with E-state index in [0.717, 1.165) is 14.6 Å². The third-order valence-corrected chi connectivity index (χ3v) is 5.62. The van der Waals surface area contributed by atoms with Crippen molar-refractivity contribution in [1.29, 1.82) is 0 Å². The third-order valence-electron chi connectivity index (χ3n) is 3.39. The van der Waals surface area contributed by atoms with Crippen LogP contribution < -0.4 is 10.6 Å². The number of carbonyl (C=O) groups is 2. The zero-order valence-electron chi connectivity index (χ0n) is 13.8. The largest absolute Gasteiger partial charge is 0.326 e. The second-order valence-electron chi connectivity index (χ2n) is 5.46. The van der Waals surface area contributed by atoms with Crippen molar-refractivity contribution in [1.82, 2.24) is 4.98 Å². The molecule has 128 valence electrons. The van der Waals surface area contributed by atoms with Crippen molar-refractivity contribution in [3.8, 4) is 0 Å². The van der Waals surface area contributed by atoms with E-state index in [1.54, 1.807) is 35.6 Å². The van der Waals surface area contributed by atoms with Crippen LogP contribution in [0.3, 0.4) is 0 Å². The van der Waals surface area contributed by atoms with Crippen LogP contribution in [0.5, 0.6) is 0 Å². The maximum Gasteiger partial charge on any atom is 0.237 e. The van der Waals surface area contributed by atoms with E-state index in [1.807, 2.05) is 31.2 Å². The number of amides is 2. The Morgan fingerprint density at radius 1 is 1.04 bits per heavy atom. The number of benzene rings is 2. The number of nitrogens with zero attached hydrogens (tertiary/aromatic N) is 1. The fraction of sp³-hybridized carbons (Fsp3) is 0.167. The summed E-state index contributed by atoms with van der Waals surface area (Å²) in [5, 5.41) is 5.30. The molecule has 0 radical (unpaired) electrons. The molecule has 3 rings (SSSR count). The number of thioether (sulfide) groups is 1. The first-order valence-electron chi connectivity index (χ1n) is 7.72. The Labute approximate surface area is 153 Å². The van der Waals surface area contributed by atoms with E-state index in [9.17, 15) is 9.59 Å². The monoisotopic (exact) mass is 371 g/mol. The number of fused-ring (bicyclic) bond motifs is 1. The van der Waals surface area contributed by atoms with E-state index < -0.39 is 0 Å². The Bertz CT molecular complexity index is 873. The molecule has 3 aromatic rings. The fourth-order valence-electron chi connectivity index (χ4n) is 2.19. The molecule has 0 aliphatic rings. The number of aromatic nitrogens is 1. The summed E-state index contributed by atoms with van der Waals surface area (Å²) in [6.07, 6.45) is 0. The van der Waals surface area contributed by atoms with E-state index in [1.165, 1.54) is 18.7 Å². The van der Waals surface area contributed by atoms with Crippen LogP contribution in [-0.2, 0) is 9.59 Å². The van der Waals surface area contributed by atoms with Crippen molar-refractivity contribution in [2.45, 2.75) is 23.4 Å². The molecule has 2 amide bonds. The van der Waals surface area contributed by atoms with E-state index in [2.05, 4.69) is 15.6 Å². The first kappa shape index (κ1) is 17.4. The minimum Gasteiger partial charge on any atom is -0.326 e. The lowest BCUT2D eigenvalue weighted by molar-refractivity contribution is -0.115. The number of carbonyl (C=O) groups excluding carboxylic acids is 2. The Kier molecular flexibility index (Phi) is 5.35. The second kappa shape index (κ2) is 7.67. The van der Waals surface area contributed by atoms with Crippen LogP contribution >= 0.6 is 23.1 Å². The van der Waals surface area contributed by atoms with Crippen LogP contribution in [-0.4, -0.2) is 22.0 Å². The van der Waals surface area contributed by atoms with Crippen LogP contribution in [0.4, 0.5) is 11.4 Å². The summed E-state index contributed by atoms with van der Waals surface area (Å²) in [6, 6.07) is 15.0. The molecule has 0 saturated heterocycles. The summed E-state index contributed by atoms with van der Waals surface area (Å²) in [6.45, 7) is 3.31. The highest BCUT2D eigenvalue weighted by molar-refractivity contribution is 8.02. The molecule has 1 heterocycles. The molecule has 1 aromatic heterocycles. The molecule has 5 nitrogen and oxygen atoms in total. The van der Waals surface area contributed by atoms with Gasteiger partial charge in [0.05, 0.1) is 15.5 Å². The normalized spacial score (nSPS) is 11.9. The topological polar surface area (TPSA) is 71.1 Å². The molecule has 2 aromatic carbocycles. The van der Waals surface area contributed by atoms with Gasteiger partial charge >= 0.3 is 0 Å². The summed E-state index contributed by atoms with van der Waals surface area (Å²) in [5.41, 5.74) is 2.34. The predicted molar refractivity (Wildman–Crippen MR) is 104 cm³/mol. The molecule has 1 unspecified atom stereocenters. The molecule has 2 N–H and O–H groups in total. The van der Waals surface area contributed by atoms with Crippen molar-refractivity contribution >= 4 is 56.5 Å². The van der Waals surface area contributed by atoms with E-state index >= 15 is 0 Å². The quantitative estimate of drug-likeness (QED) is 0.653. The van der Waals surface area contributed by atoms with Crippen LogP contribution in [0, 0.1) is 0 Å². The van der Waals surface area contributed by atoms with Crippen LogP contribution in [0.1, 0.15) is 13.8 Å². The Hall–Kier alpha value is -2.38. The first-order chi connectivity index (χ1) is 12.0. The number of hydrogen-bond donors (Lipinski definition) is 2. The van der Waals surface area contributed by atoms with Crippen LogP contribution in [0.15, 0.2) is 52.9 Å². The average Bonchev–Trinajstić information content (AvgIpc) is 2.98. The van der Waals surface area contributed by atoms with Gasteiger partial charge in [0.1, 0.15) is 0 Å². The SMILES string of the molecule is CC(=O)Nc1ccc(NC(=O)C(C)Sc2nc3ccccc3s2)cc1. The van der Waals surface area contributed by atoms with E-state index in [0.29, 0.717) is 11.4 Å². The van der Waals surface area contributed by atoms with E-state index in [-0.39, 0.29) is 17.1 Å². The average molecular weight is 371 g/mol. The summed E-state index contributed by atoms with van der Waals surface area (Å²) in [4.78, 5) is 27.9. The van der Waals surface area contributed by atoms with Crippen LogP contribution in [0.2, 0.25) is 0 Å². The number of nitrogens with one attached hydrogen (secondary N) is 2. The molecule has 0 aliphatic heterocycles. The number of para-hydroxylation sites is 1. The van der Waals surface area contributed by atoms with Crippen molar-refractivity contribution < 1.29 is 9.59 Å². The number of hydrogen-bond acceptors (Lipinski definition) is 5. The molecular formula is C18H17N3O2S2. The highest BCUT2D eigenvalue weighted by atomic mass is 32.2. The Balaban J connectivity index is 1.61. The molecule has 1 atom stereocenters. The Morgan fingerprint density at radius 3 is 2.32 bits per heavy atom. The van der Waals surface area contributed by atoms with Gasteiger partial charge in [-0.3, -0.25) is 9.59 Å². The van der Waals surface area contributed by atoms with E-state index in [4.69, 9.17) is 0 Å². The van der Waals surface area contributed by atoms with Gasteiger partial charge in [0.2, 0.25) is 11.8 Å². The predicted octanol–water partition coefficient (Wildman–Crippen LogP) is 4.37. The lowest BCUT2D eigenvalue weighted by atomic mass is 10.2. The molecule has 0 fully saturated rings. The fourth-order valence-corrected chi connectivity index (χ4v) is 4.40. The number of rotatable bonds is 5. The standard InChI is InChI=1S/C18H17N3O2S2/c1-11(24-18-21-15-5-3-4-6-16(15)25-18)17(23)20-14-9-7-13(8-10-14)19-12(2)22/h3-11H,1-2H3,(H,19,22)(H,20,23). The van der Waals surface area contributed by atoms with Crippen molar-refractivity contribution in [3.63, 3.8) is 0 Å². The van der Waals surface area contributed by atoms with Gasteiger partial charge in [-0.2, -0.15) is 0 Å². The van der Waals surface area contributed by atoms with Gasteiger partial charge in [0.15, 0.2) is 4.34 Å². The van der Waals surface area contributed by atoms with Gasteiger partial charge in [-0.1, -0.05) is 23.9 Å². The van der Waals surface area contributed by atoms with Gasteiger partial charge in [-0.15, -0.1) is 11.3 Å². The van der Waals surface area contributed by atoms with Gasteiger partial charge in [0, 0.05) is 18.3 Å². The lowest BCUT2D eigenvalue weighted by Crippen LogP contribution is -2.22. The molecular weight excluding hydrogens is 354 g/mol. The minimum atomic E-state index is -0.268. The molecule has 0 bridgehead atoms. The van der Waals surface area contributed by atoms with Crippen molar-refractivity contribution in [2.75, 3.05) is 10.6 Å². The molecule has 0 spiro atoms. The second-order valence-corrected chi connectivity index (χ2v) is 8.07. The van der Waals surface area contributed by atoms with Gasteiger partial charge in [-0.25, -0.2) is 4.98 Å². The highest BCUT2D eigenvalue weighted by Gasteiger charge is 2.17. The van der Waals surface area contributed by atoms with Gasteiger partial charge in [-0.05, 0) is 43.3 Å². The molecule has 7 heteroatoms. The zero-order chi connectivity index (χ0) is 17.8. The maximum atomic E-state index is 12.4. The summed E-state index contributed by atoms with van der Waals surface area (Å²) in [7, 11) is 0. The Morgan fingerprint density at radius 2 is 1.68 bits per heavy atom. The maximum absolute atomic E-state index is 12.4. The van der Waals surface area contributed by atoms with Gasteiger partial charge in [0.25, 0.3) is 0 Å². The van der Waals surface area contributed by atoms with Crippen LogP contribution in [0.25, 0.3) is 10.2 Å². The van der Waals surface area contributed by atoms with Gasteiger partial charge < -0.3 is 10.6 Å². The van der Waals surface area contributed by atoms with Crippen molar-refractivity contribution in [2.24, 2.45) is 0 Å². The molecule has 25 heavy (non-hydrogen) atoms. The molecule has 0 saturated carbocycles. The smallest absolute Gasteiger partial charge is 0.237 e. The minimum absolute atomic E-state index is 0.0865.